The normalized spacial score (nSPS) is 18.2. The van der Waals surface area contributed by atoms with E-state index in [1.165, 1.54) is 0 Å². The van der Waals surface area contributed by atoms with Crippen LogP contribution < -0.4 is 4.90 Å². The monoisotopic (exact) mass is 296 g/mol. The van der Waals surface area contributed by atoms with Gasteiger partial charge >= 0.3 is 0 Å². The van der Waals surface area contributed by atoms with Crippen molar-refractivity contribution in [3.8, 4) is 6.07 Å². The lowest BCUT2D eigenvalue weighted by Crippen LogP contribution is -2.38. The first-order valence-electron chi connectivity index (χ1n) is 5.63. The van der Waals surface area contributed by atoms with E-state index in [9.17, 15) is 4.39 Å². The van der Waals surface area contributed by atoms with E-state index < -0.39 is 0 Å². The number of rotatable bonds is 1. The first-order valence-corrected chi connectivity index (χ1v) is 6.42. The summed E-state index contributed by atoms with van der Waals surface area (Å²) >= 11 is 3.15. The fourth-order valence-electron chi connectivity index (χ4n) is 2.39. The molecule has 1 aliphatic heterocycles. The summed E-state index contributed by atoms with van der Waals surface area (Å²) in [4.78, 5) is 2.08. The molecule has 1 aromatic carbocycles. The van der Waals surface area contributed by atoms with Crippen LogP contribution in [0, 0.1) is 17.1 Å². The van der Waals surface area contributed by atoms with Crippen LogP contribution in [0.1, 0.15) is 32.3 Å². The summed E-state index contributed by atoms with van der Waals surface area (Å²) < 4.78 is 14.5. The van der Waals surface area contributed by atoms with E-state index in [0.29, 0.717) is 11.3 Å². The molecule has 1 heterocycles. The molecule has 0 spiro atoms. The van der Waals surface area contributed by atoms with Crippen molar-refractivity contribution in [3.05, 3.63) is 28.0 Å². The Morgan fingerprint density at radius 1 is 1.47 bits per heavy atom. The molecule has 2 rings (SSSR count). The number of anilines is 1. The largest absolute Gasteiger partial charge is 0.364 e. The summed E-state index contributed by atoms with van der Waals surface area (Å²) in [5, 5.41) is 8.84. The molecule has 2 nitrogen and oxygen atoms in total. The van der Waals surface area contributed by atoms with Gasteiger partial charge in [-0.05, 0) is 54.8 Å². The minimum atomic E-state index is -0.334. The Morgan fingerprint density at radius 3 is 2.71 bits per heavy atom. The maximum Gasteiger partial charge on any atom is 0.162 e. The maximum atomic E-state index is 14.2. The van der Waals surface area contributed by atoms with Crippen LogP contribution >= 0.6 is 15.9 Å². The molecular formula is C13H14BrFN2. The Kier molecular flexibility index (Phi) is 3.13. The number of nitrogens with zero attached hydrogens (tertiary/aromatic N) is 2. The number of hydrogen-bond acceptors (Lipinski definition) is 2. The third-order valence-corrected chi connectivity index (χ3v) is 4.15. The van der Waals surface area contributed by atoms with Gasteiger partial charge in [-0.1, -0.05) is 0 Å². The zero-order valence-electron chi connectivity index (χ0n) is 9.93. The van der Waals surface area contributed by atoms with E-state index in [1.54, 1.807) is 12.1 Å². The van der Waals surface area contributed by atoms with Crippen LogP contribution in [0.4, 0.5) is 10.1 Å². The fraction of sp³-hybridized carbons (Fsp3) is 0.462. The first-order chi connectivity index (χ1) is 7.97. The van der Waals surface area contributed by atoms with Gasteiger partial charge in [-0.2, -0.15) is 5.26 Å². The van der Waals surface area contributed by atoms with Crippen molar-refractivity contribution in [2.45, 2.75) is 32.2 Å². The van der Waals surface area contributed by atoms with Gasteiger partial charge in [-0.15, -0.1) is 0 Å². The van der Waals surface area contributed by atoms with E-state index in [4.69, 9.17) is 5.26 Å². The summed E-state index contributed by atoms with van der Waals surface area (Å²) in [5.41, 5.74) is 0.899. The topological polar surface area (TPSA) is 27.0 Å². The van der Waals surface area contributed by atoms with Crippen LogP contribution in [-0.2, 0) is 0 Å². The SMILES string of the molecule is CC1(C)CCCN1c1ccc(C#N)c(Br)c1F. The highest BCUT2D eigenvalue weighted by Crippen LogP contribution is 2.37. The van der Waals surface area contributed by atoms with Crippen molar-refractivity contribution in [3.63, 3.8) is 0 Å². The zero-order chi connectivity index (χ0) is 12.6. The van der Waals surface area contributed by atoms with Crippen molar-refractivity contribution in [1.82, 2.24) is 0 Å². The number of benzene rings is 1. The van der Waals surface area contributed by atoms with Crippen LogP contribution in [0.3, 0.4) is 0 Å². The molecule has 17 heavy (non-hydrogen) atoms. The Morgan fingerprint density at radius 2 is 2.18 bits per heavy atom. The molecule has 0 bridgehead atoms. The quantitative estimate of drug-likeness (QED) is 0.787. The van der Waals surface area contributed by atoms with E-state index in [0.717, 1.165) is 19.4 Å². The molecule has 0 atom stereocenters. The van der Waals surface area contributed by atoms with Crippen LogP contribution in [-0.4, -0.2) is 12.1 Å². The lowest BCUT2D eigenvalue weighted by Gasteiger charge is -2.34. The Hall–Kier alpha value is -1.08. The van der Waals surface area contributed by atoms with Crippen molar-refractivity contribution in [1.29, 1.82) is 5.26 Å². The predicted octanol–water partition coefficient (Wildman–Crippen LogP) is 3.84. The molecule has 0 N–H and O–H groups in total. The van der Waals surface area contributed by atoms with Crippen molar-refractivity contribution < 1.29 is 4.39 Å². The van der Waals surface area contributed by atoms with Crippen LogP contribution in [0.5, 0.6) is 0 Å². The molecule has 0 aromatic heterocycles. The van der Waals surface area contributed by atoms with Crippen LogP contribution in [0.15, 0.2) is 16.6 Å². The van der Waals surface area contributed by atoms with Crippen LogP contribution in [0.2, 0.25) is 0 Å². The first kappa shape index (κ1) is 12.4. The third kappa shape index (κ3) is 2.04. The number of halogens is 2. The van der Waals surface area contributed by atoms with Gasteiger partial charge < -0.3 is 4.90 Å². The molecule has 90 valence electrons. The molecule has 0 aliphatic carbocycles. The van der Waals surface area contributed by atoms with E-state index in [-0.39, 0.29) is 15.8 Å². The summed E-state index contributed by atoms with van der Waals surface area (Å²) in [5.74, 6) is -0.334. The molecule has 1 aromatic rings. The maximum absolute atomic E-state index is 14.2. The highest BCUT2D eigenvalue weighted by Gasteiger charge is 2.34. The van der Waals surface area contributed by atoms with Gasteiger partial charge in [0.15, 0.2) is 5.82 Å². The second-order valence-corrected chi connectivity index (χ2v) is 5.73. The summed E-state index contributed by atoms with van der Waals surface area (Å²) in [6.07, 6.45) is 2.13. The third-order valence-electron chi connectivity index (χ3n) is 3.37. The van der Waals surface area contributed by atoms with E-state index >= 15 is 0 Å². The van der Waals surface area contributed by atoms with Crippen molar-refractivity contribution in [2.75, 3.05) is 11.4 Å². The van der Waals surface area contributed by atoms with Gasteiger partial charge in [0, 0.05) is 12.1 Å². The molecule has 1 fully saturated rings. The highest BCUT2D eigenvalue weighted by atomic mass is 79.9. The van der Waals surface area contributed by atoms with E-state index in [1.807, 2.05) is 6.07 Å². The lowest BCUT2D eigenvalue weighted by molar-refractivity contribution is 0.506. The standard InChI is InChI=1S/C13H14BrFN2/c1-13(2)6-3-7-17(13)10-5-4-9(8-16)11(14)12(10)15/h4-5H,3,6-7H2,1-2H3. The minimum Gasteiger partial charge on any atom is -0.364 e. The van der Waals surface area contributed by atoms with Gasteiger partial charge in [0.05, 0.1) is 15.7 Å². The van der Waals surface area contributed by atoms with Gasteiger partial charge in [-0.25, -0.2) is 4.39 Å². The summed E-state index contributed by atoms with van der Waals surface area (Å²) in [6, 6.07) is 5.33. The predicted molar refractivity (Wildman–Crippen MR) is 69.5 cm³/mol. The van der Waals surface area contributed by atoms with Gasteiger partial charge in [-0.3, -0.25) is 0 Å². The van der Waals surface area contributed by atoms with E-state index in [2.05, 4.69) is 34.7 Å². The molecule has 4 heteroatoms. The second kappa shape index (κ2) is 4.30. The van der Waals surface area contributed by atoms with Gasteiger partial charge in [0.2, 0.25) is 0 Å². The summed E-state index contributed by atoms with van der Waals surface area (Å²) in [7, 11) is 0. The van der Waals surface area contributed by atoms with Crippen molar-refractivity contribution in [2.24, 2.45) is 0 Å². The summed E-state index contributed by atoms with van der Waals surface area (Å²) in [6.45, 7) is 5.10. The Balaban J connectivity index is 2.48. The molecule has 0 radical (unpaired) electrons. The van der Waals surface area contributed by atoms with Gasteiger partial charge in [0.1, 0.15) is 6.07 Å². The molecule has 0 unspecified atom stereocenters. The minimum absolute atomic E-state index is 0.0194. The van der Waals surface area contributed by atoms with Crippen LogP contribution in [0.25, 0.3) is 0 Å². The molecule has 0 amide bonds. The molecule has 1 aliphatic rings. The molecular weight excluding hydrogens is 283 g/mol. The number of nitriles is 1. The molecule has 1 saturated heterocycles. The molecule has 0 saturated carbocycles. The average molecular weight is 297 g/mol. The lowest BCUT2D eigenvalue weighted by atomic mass is 10.0. The van der Waals surface area contributed by atoms with Gasteiger partial charge in [0.25, 0.3) is 0 Å². The average Bonchev–Trinajstić information content (AvgIpc) is 2.62. The van der Waals surface area contributed by atoms with Crippen molar-refractivity contribution >= 4 is 21.6 Å². The Labute approximate surface area is 109 Å². The second-order valence-electron chi connectivity index (χ2n) is 4.94. The zero-order valence-corrected chi connectivity index (χ0v) is 11.5. The smallest absolute Gasteiger partial charge is 0.162 e. The highest BCUT2D eigenvalue weighted by molar-refractivity contribution is 9.10. The Bertz CT molecular complexity index is 491. The fourth-order valence-corrected chi connectivity index (χ4v) is 2.81. The number of hydrogen-bond donors (Lipinski definition) is 0.